The van der Waals surface area contributed by atoms with Crippen LogP contribution in [0.25, 0.3) is 5.65 Å². The number of hydrogen-bond donors (Lipinski definition) is 1. The van der Waals surface area contributed by atoms with Crippen molar-refractivity contribution in [1.29, 1.82) is 0 Å². The molecule has 0 fully saturated rings. The Hall–Kier alpha value is -4.46. The summed E-state index contributed by atoms with van der Waals surface area (Å²) in [6.45, 7) is 0.875. The van der Waals surface area contributed by atoms with Crippen LogP contribution in [0.15, 0.2) is 91.4 Å². The zero-order chi connectivity index (χ0) is 21.8. The molecule has 0 saturated carbocycles. The number of anilines is 1. The molecule has 0 spiro atoms. The first-order chi connectivity index (χ1) is 15.7. The standard InChI is InChI=1S/C24H20N6O2/c31-24(22-16-30(28-27-22)14-18-7-2-1-3-8-18)26-19-9-6-10-21(13-19)32-17-20-15-29-12-5-4-11-23(29)25-20/h1-13,15-16H,14,17H2,(H,26,31). The van der Waals surface area contributed by atoms with Crippen molar-refractivity contribution in [2.24, 2.45) is 0 Å². The summed E-state index contributed by atoms with van der Waals surface area (Å²) in [4.78, 5) is 17.1. The van der Waals surface area contributed by atoms with E-state index in [2.05, 4.69) is 20.6 Å². The molecule has 0 bridgehead atoms. The lowest BCUT2D eigenvalue weighted by Gasteiger charge is -2.07. The molecule has 0 saturated heterocycles. The number of nitrogens with zero attached hydrogens (tertiary/aromatic N) is 5. The minimum Gasteiger partial charge on any atom is -0.487 e. The zero-order valence-electron chi connectivity index (χ0n) is 17.1. The lowest BCUT2D eigenvalue weighted by molar-refractivity contribution is 0.102. The maximum atomic E-state index is 12.6. The Morgan fingerprint density at radius 2 is 1.84 bits per heavy atom. The van der Waals surface area contributed by atoms with Gasteiger partial charge in [-0.2, -0.15) is 0 Å². The van der Waals surface area contributed by atoms with E-state index in [1.54, 1.807) is 23.0 Å². The fourth-order valence-corrected chi connectivity index (χ4v) is 3.32. The summed E-state index contributed by atoms with van der Waals surface area (Å²) < 4.78 is 9.44. The highest BCUT2D eigenvalue weighted by atomic mass is 16.5. The summed E-state index contributed by atoms with van der Waals surface area (Å²) in [6, 6.07) is 22.9. The van der Waals surface area contributed by atoms with Crippen LogP contribution < -0.4 is 10.1 Å². The van der Waals surface area contributed by atoms with Crippen LogP contribution in [-0.2, 0) is 13.2 Å². The Labute approximate surface area is 184 Å². The van der Waals surface area contributed by atoms with E-state index >= 15 is 0 Å². The number of fused-ring (bicyclic) bond motifs is 1. The number of imidazole rings is 1. The maximum absolute atomic E-state index is 12.6. The van der Waals surface area contributed by atoms with Gasteiger partial charge in [0, 0.05) is 24.1 Å². The van der Waals surface area contributed by atoms with Crippen molar-refractivity contribution in [3.8, 4) is 5.75 Å². The van der Waals surface area contributed by atoms with E-state index in [0.717, 1.165) is 16.9 Å². The molecule has 2 aromatic carbocycles. The smallest absolute Gasteiger partial charge is 0.277 e. The third-order valence-electron chi connectivity index (χ3n) is 4.85. The fraction of sp³-hybridized carbons (Fsp3) is 0.0833. The summed E-state index contributed by atoms with van der Waals surface area (Å²) in [6.07, 6.45) is 5.50. The second-order valence-corrected chi connectivity index (χ2v) is 7.26. The monoisotopic (exact) mass is 424 g/mol. The summed E-state index contributed by atoms with van der Waals surface area (Å²) >= 11 is 0. The molecule has 3 aromatic heterocycles. The largest absolute Gasteiger partial charge is 0.487 e. The molecule has 32 heavy (non-hydrogen) atoms. The predicted octanol–water partition coefficient (Wildman–Crippen LogP) is 3.81. The number of carbonyl (C=O) groups is 1. The molecule has 5 aromatic rings. The number of amides is 1. The van der Waals surface area contributed by atoms with E-state index in [4.69, 9.17) is 4.74 Å². The number of ether oxygens (including phenoxy) is 1. The summed E-state index contributed by atoms with van der Waals surface area (Å²) in [5.41, 5.74) is 3.63. The fourth-order valence-electron chi connectivity index (χ4n) is 3.32. The van der Waals surface area contributed by atoms with Crippen LogP contribution in [0.3, 0.4) is 0 Å². The first kappa shape index (κ1) is 19.5. The van der Waals surface area contributed by atoms with Gasteiger partial charge in [0.05, 0.1) is 18.4 Å². The minimum absolute atomic E-state index is 0.247. The summed E-state index contributed by atoms with van der Waals surface area (Å²) in [5.74, 6) is 0.300. The second-order valence-electron chi connectivity index (χ2n) is 7.26. The molecule has 0 radical (unpaired) electrons. The van der Waals surface area contributed by atoms with E-state index in [0.29, 0.717) is 24.6 Å². The Morgan fingerprint density at radius 3 is 2.72 bits per heavy atom. The first-order valence-corrected chi connectivity index (χ1v) is 10.1. The zero-order valence-corrected chi connectivity index (χ0v) is 17.1. The number of aromatic nitrogens is 5. The lowest BCUT2D eigenvalue weighted by atomic mass is 10.2. The molecule has 5 rings (SSSR count). The van der Waals surface area contributed by atoms with Gasteiger partial charge in [-0.25, -0.2) is 9.67 Å². The van der Waals surface area contributed by atoms with Crippen molar-refractivity contribution in [2.45, 2.75) is 13.2 Å². The molecule has 0 unspecified atom stereocenters. The number of pyridine rings is 1. The third kappa shape index (κ3) is 4.49. The Morgan fingerprint density at radius 1 is 0.969 bits per heavy atom. The molecule has 158 valence electrons. The van der Waals surface area contributed by atoms with Gasteiger partial charge < -0.3 is 14.5 Å². The highest BCUT2D eigenvalue weighted by Gasteiger charge is 2.12. The topological polar surface area (TPSA) is 86.3 Å². The van der Waals surface area contributed by atoms with Crippen LogP contribution in [0.4, 0.5) is 5.69 Å². The molecule has 8 heteroatoms. The van der Waals surface area contributed by atoms with Crippen molar-refractivity contribution in [1.82, 2.24) is 24.4 Å². The Kier molecular flexibility index (Phi) is 5.32. The molecule has 1 N–H and O–H groups in total. The first-order valence-electron chi connectivity index (χ1n) is 10.1. The van der Waals surface area contributed by atoms with E-state index in [-0.39, 0.29) is 11.6 Å². The van der Waals surface area contributed by atoms with Crippen LogP contribution in [0, 0.1) is 0 Å². The van der Waals surface area contributed by atoms with E-state index in [1.165, 1.54) is 0 Å². The third-order valence-corrected chi connectivity index (χ3v) is 4.85. The van der Waals surface area contributed by atoms with Crippen LogP contribution in [0.1, 0.15) is 21.7 Å². The van der Waals surface area contributed by atoms with Gasteiger partial charge in [0.15, 0.2) is 5.69 Å². The van der Waals surface area contributed by atoms with E-state index in [1.807, 2.05) is 77.5 Å². The highest BCUT2D eigenvalue weighted by molar-refractivity contribution is 6.02. The predicted molar refractivity (Wildman–Crippen MR) is 119 cm³/mol. The van der Waals surface area contributed by atoms with Crippen molar-refractivity contribution < 1.29 is 9.53 Å². The molecular weight excluding hydrogens is 404 g/mol. The van der Waals surface area contributed by atoms with Crippen molar-refractivity contribution in [2.75, 3.05) is 5.32 Å². The van der Waals surface area contributed by atoms with Gasteiger partial charge in [-0.3, -0.25) is 4.79 Å². The van der Waals surface area contributed by atoms with Crippen LogP contribution >= 0.6 is 0 Å². The van der Waals surface area contributed by atoms with Gasteiger partial charge in [0.25, 0.3) is 5.91 Å². The van der Waals surface area contributed by atoms with Gasteiger partial charge in [-0.1, -0.05) is 47.7 Å². The van der Waals surface area contributed by atoms with Gasteiger partial charge in [-0.15, -0.1) is 5.10 Å². The van der Waals surface area contributed by atoms with Crippen molar-refractivity contribution in [3.63, 3.8) is 0 Å². The molecule has 8 nitrogen and oxygen atoms in total. The average molecular weight is 424 g/mol. The summed E-state index contributed by atoms with van der Waals surface area (Å²) in [7, 11) is 0. The Bertz CT molecular complexity index is 1330. The SMILES string of the molecule is O=C(Nc1cccc(OCc2cn3ccccc3n2)c1)c1cn(Cc2ccccc2)nn1. The summed E-state index contributed by atoms with van der Waals surface area (Å²) in [5, 5.41) is 10.9. The van der Waals surface area contributed by atoms with Crippen molar-refractivity contribution >= 4 is 17.2 Å². The van der Waals surface area contributed by atoms with Gasteiger partial charge in [-0.05, 0) is 29.8 Å². The van der Waals surface area contributed by atoms with E-state index in [9.17, 15) is 4.79 Å². The van der Waals surface area contributed by atoms with Crippen LogP contribution in [0.2, 0.25) is 0 Å². The number of nitrogens with one attached hydrogen (secondary N) is 1. The highest BCUT2D eigenvalue weighted by Crippen LogP contribution is 2.19. The van der Waals surface area contributed by atoms with E-state index < -0.39 is 0 Å². The number of rotatable bonds is 7. The lowest BCUT2D eigenvalue weighted by Crippen LogP contribution is -2.12. The average Bonchev–Trinajstić information content (AvgIpc) is 3.45. The van der Waals surface area contributed by atoms with Gasteiger partial charge >= 0.3 is 0 Å². The molecule has 1 amide bonds. The maximum Gasteiger partial charge on any atom is 0.277 e. The number of benzene rings is 2. The Balaban J connectivity index is 1.21. The number of hydrogen-bond acceptors (Lipinski definition) is 5. The normalized spacial score (nSPS) is 10.9. The quantitative estimate of drug-likeness (QED) is 0.429. The van der Waals surface area contributed by atoms with Gasteiger partial charge in [0.1, 0.15) is 18.0 Å². The molecular formula is C24H20N6O2. The number of carbonyl (C=O) groups excluding carboxylic acids is 1. The molecule has 0 aliphatic carbocycles. The molecule has 0 aliphatic rings. The second kappa shape index (κ2) is 8.73. The van der Waals surface area contributed by atoms with Gasteiger partial charge in [0.2, 0.25) is 0 Å². The van der Waals surface area contributed by atoms with Crippen molar-refractivity contribution in [3.05, 3.63) is 108 Å². The molecule has 0 atom stereocenters. The molecule has 3 heterocycles. The van der Waals surface area contributed by atoms with Crippen LogP contribution in [-0.4, -0.2) is 30.3 Å². The van der Waals surface area contributed by atoms with Crippen LogP contribution in [0.5, 0.6) is 5.75 Å². The molecule has 0 aliphatic heterocycles. The minimum atomic E-state index is -0.332.